The largest absolute Gasteiger partial charge is 1.00 e. The van der Waals surface area contributed by atoms with Gasteiger partial charge in [-0.05, 0) is 0 Å². The first kappa shape index (κ1) is 40.0. The molecule has 0 amide bonds. The van der Waals surface area contributed by atoms with Crippen LogP contribution in [0.15, 0.2) is 0 Å². The summed E-state index contributed by atoms with van der Waals surface area (Å²) in [5, 5.41) is 0. The molecule has 0 unspecified atom stereocenters. The molecule has 10 heavy (non-hydrogen) atoms. The first-order valence-corrected chi connectivity index (χ1v) is 2.68. The molecule has 0 aliphatic heterocycles. The molecule has 10 heteroatoms. The first-order valence-electron chi connectivity index (χ1n) is 0.894. The molecule has 0 spiro atoms. The fourth-order valence-corrected chi connectivity index (χ4v) is 0. The van der Waals surface area contributed by atoms with Crippen LogP contribution in [0.25, 0.3) is 0 Å². The predicted octanol–water partition coefficient (Wildman–Crippen LogP) is -8.33. The van der Waals surface area contributed by atoms with Gasteiger partial charge in [0.25, 0.3) is 0 Å². The number of hydrogen-bond acceptors (Lipinski definition) is 4. The maximum atomic E-state index is 7.33. The van der Waals surface area contributed by atoms with Gasteiger partial charge in [-0.2, -0.15) is 0 Å². The zero-order valence-electron chi connectivity index (χ0n) is 6.00. The fourth-order valence-electron chi connectivity index (χ4n) is 0. The van der Waals surface area contributed by atoms with E-state index in [1.165, 1.54) is 0 Å². The van der Waals surface area contributed by atoms with Crippen LogP contribution in [0.3, 0.4) is 0 Å². The minimum Gasteiger partial charge on any atom is -1.00 e. The molecule has 0 bridgehead atoms. The van der Waals surface area contributed by atoms with Crippen molar-refractivity contribution < 1.29 is 80.6 Å². The molecule has 0 aromatic rings. The van der Waals surface area contributed by atoms with Crippen molar-refractivity contribution in [3.05, 3.63) is 0 Å². The Labute approximate surface area is 106 Å². The third-order valence-corrected chi connectivity index (χ3v) is 0. The Kier molecular flexibility index (Phi) is 69.1. The van der Waals surface area contributed by atoms with Gasteiger partial charge in [0.2, 0.25) is 0 Å². The number of hydrogen-bond donors (Lipinski definition) is 4. The van der Waals surface area contributed by atoms with Crippen molar-refractivity contribution in [3.8, 4) is 0 Å². The van der Waals surface area contributed by atoms with Gasteiger partial charge in [-0.1, -0.05) is 0 Å². The Bertz CT molecular complexity index is 38.1. The third kappa shape index (κ3) is 186. The second kappa shape index (κ2) is 17.3. The van der Waals surface area contributed by atoms with E-state index in [-0.39, 0.29) is 78.8 Å². The molecule has 8 N–H and O–H groups in total. The first-order chi connectivity index (χ1) is 2.00. The smallest absolute Gasteiger partial charge is 1.00 e. The van der Waals surface area contributed by atoms with Gasteiger partial charge in [0.1, 0.15) is 0 Å². The summed E-state index contributed by atoms with van der Waals surface area (Å²) in [4.78, 5) is 29.3. The van der Waals surface area contributed by atoms with Crippen LogP contribution in [0, 0.1) is 0 Å². The van der Waals surface area contributed by atoms with Gasteiger partial charge < -0.3 is 31.6 Å². The standard InChI is InChI=1S/Al.Na.H4O4Si.2H2O.Zn.4H/c;;1-5(2,3)4;;;;;;;/h;;1-4H;2*1H2;;;;;/q;+1;;;;;;;;-1. The normalized spacial score (nSPS) is 6.00. The summed E-state index contributed by atoms with van der Waals surface area (Å²) in [5.74, 6) is 0. The molecule has 0 aromatic heterocycles. The zero-order chi connectivity index (χ0) is 4.50. The molecule has 0 aromatic carbocycles. The Morgan fingerprint density at radius 1 is 0.900 bits per heavy atom. The molecule has 0 saturated carbocycles. The minimum atomic E-state index is -4.61. The number of rotatable bonds is 0. The molecule has 6 nitrogen and oxygen atoms in total. The molecule has 0 atom stereocenters. The second-order valence-corrected chi connectivity index (χ2v) is 1.80. The van der Waals surface area contributed by atoms with Crippen LogP contribution < -0.4 is 29.6 Å². The SMILES string of the molecule is O.O.O[Si](O)(O)O.[AlH3].[H-].[Na+].[Zn]. The van der Waals surface area contributed by atoms with E-state index in [0.717, 1.165) is 0 Å². The van der Waals surface area contributed by atoms with E-state index in [4.69, 9.17) is 19.2 Å². The van der Waals surface area contributed by atoms with E-state index in [2.05, 4.69) is 0 Å². The van der Waals surface area contributed by atoms with E-state index in [9.17, 15) is 0 Å². The Morgan fingerprint density at radius 3 is 0.900 bits per heavy atom. The molecule has 0 rings (SSSR count). The van der Waals surface area contributed by atoms with Crippen molar-refractivity contribution in [2.24, 2.45) is 0 Å². The topological polar surface area (TPSA) is 144 Å². The van der Waals surface area contributed by atoms with E-state index in [0.29, 0.717) is 0 Å². The second-order valence-electron chi connectivity index (χ2n) is 0.600. The summed E-state index contributed by atoms with van der Waals surface area (Å²) in [6, 6.07) is 0. The van der Waals surface area contributed by atoms with Gasteiger partial charge in [0.15, 0.2) is 17.4 Å². The minimum absolute atomic E-state index is 0. The van der Waals surface area contributed by atoms with E-state index in [1.54, 1.807) is 0 Å². The maximum Gasteiger partial charge on any atom is 1.00 e. The van der Waals surface area contributed by atoms with Crippen molar-refractivity contribution >= 4 is 26.4 Å². The fraction of sp³-hybridized carbons (Fsp3) is 0. The van der Waals surface area contributed by atoms with Crippen LogP contribution in [0.1, 0.15) is 1.43 Å². The molecule has 0 radical (unpaired) electrons. The van der Waals surface area contributed by atoms with Crippen molar-refractivity contribution in [2.45, 2.75) is 0 Å². The molecule has 58 valence electrons. The summed E-state index contributed by atoms with van der Waals surface area (Å²) >= 11 is 0. The van der Waals surface area contributed by atoms with Crippen LogP contribution >= 0.6 is 0 Å². The molecule has 0 fully saturated rings. The molecule has 0 heterocycles. The van der Waals surface area contributed by atoms with Gasteiger partial charge in [-0.3, -0.25) is 0 Å². The Morgan fingerprint density at radius 2 is 0.900 bits per heavy atom. The van der Waals surface area contributed by atoms with Gasteiger partial charge in [0, 0.05) is 19.5 Å². The van der Waals surface area contributed by atoms with Crippen LogP contribution in [0.4, 0.5) is 0 Å². The summed E-state index contributed by atoms with van der Waals surface area (Å²) in [7, 11) is -4.61. The Hall–Kier alpha value is 2.13. The van der Waals surface area contributed by atoms with Gasteiger partial charge >= 0.3 is 38.6 Å². The monoisotopic (exact) mass is 250 g/mol. The molecule has 0 saturated heterocycles. The van der Waals surface area contributed by atoms with Crippen LogP contribution in [0.2, 0.25) is 0 Å². The maximum absolute atomic E-state index is 7.33. The molecule has 0 aliphatic carbocycles. The van der Waals surface area contributed by atoms with Gasteiger partial charge in [0.05, 0.1) is 0 Å². The van der Waals surface area contributed by atoms with Gasteiger partial charge in [-0.25, -0.2) is 0 Å². The van der Waals surface area contributed by atoms with Crippen LogP contribution in [-0.2, 0) is 19.5 Å². The molecular formula is H12AlNaO6SiZn. The van der Waals surface area contributed by atoms with E-state index in [1.807, 2.05) is 0 Å². The summed E-state index contributed by atoms with van der Waals surface area (Å²) < 4.78 is 0. The molecular weight excluding hydrogens is 239 g/mol. The van der Waals surface area contributed by atoms with Crippen LogP contribution in [0.5, 0.6) is 0 Å². The summed E-state index contributed by atoms with van der Waals surface area (Å²) in [6.07, 6.45) is 0. The van der Waals surface area contributed by atoms with Crippen molar-refractivity contribution in [1.29, 1.82) is 0 Å². The van der Waals surface area contributed by atoms with Crippen molar-refractivity contribution in [3.63, 3.8) is 0 Å². The Balaban J connectivity index is -0.00000000533. The van der Waals surface area contributed by atoms with E-state index < -0.39 is 9.05 Å². The predicted molar refractivity (Wildman–Crippen MR) is 32.9 cm³/mol. The van der Waals surface area contributed by atoms with Gasteiger partial charge in [-0.15, -0.1) is 0 Å². The average Bonchev–Trinajstić information content (AvgIpc) is 0.722. The van der Waals surface area contributed by atoms with E-state index >= 15 is 0 Å². The summed E-state index contributed by atoms with van der Waals surface area (Å²) in [6.45, 7) is 0. The zero-order valence-corrected chi connectivity index (χ0v) is 11.0. The molecule has 0 aliphatic rings. The van der Waals surface area contributed by atoms with Crippen molar-refractivity contribution in [1.82, 2.24) is 0 Å². The van der Waals surface area contributed by atoms with Crippen LogP contribution in [-0.4, -0.2) is 56.5 Å². The average molecular weight is 252 g/mol. The summed E-state index contributed by atoms with van der Waals surface area (Å²) in [5.41, 5.74) is 0. The van der Waals surface area contributed by atoms with Crippen molar-refractivity contribution in [2.75, 3.05) is 0 Å². The third-order valence-electron chi connectivity index (χ3n) is 0. The quantitative estimate of drug-likeness (QED) is 0.317.